The average molecular weight is 253 g/mol. The van der Waals surface area contributed by atoms with Crippen LogP contribution in [-0.4, -0.2) is 13.1 Å². The molecule has 0 aliphatic heterocycles. The molecule has 1 aliphatic carbocycles. The minimum absolute atomic E-state index is 0.204. The van der Waals surface area contributed by atoms with Crippen LogP contribution in [0.1, 0.15) is 52.7 Å². The first-order valence-electron chi connectivity index (χ1n) is 5.97. The number of nitrogen functional groups attached to an aromatic ring is 1. The maximum Gasteiger partial charge on any atom is 0.350 e. The Morgan fingerprint density at radius 1 is 1.41 bits per heavy atom. The SMILES string of the molecule is COC(=O)c1sc(C2(C)CCCC2)c(C)c1N. The zero-order valence-electron chi connectivity index (χ0n) is 10.6. The Morgan fingerprint density at radius 2 is 2.00 bits per heavy atom. The summed E-state index contributed by atoms with van der Waals surface area (Å²) in [5.41, 5.74) is 7.89. The summed E-state index contributed by atoms with van der Waals surface area (Å²) in [6, 6.07) is 0. The molecule has 2 N–H and O–H groups in total. The molecule has 94 valence electrons. The minimum atomic E-state index is -0.316. The summed E-state index contributed by atoms with van der Waals surface area (Å²) in [6.45, 7) is 4.29. The van der Waals surface area contributed by atoms with Gasteiger partial charge < -0.3 is 10.5 Å². The second-order valence-corrected chi connectivity index (χ2v) is 6.08. The number of carbonyl (C=O) groups is 1. The lowest BCUT2D eigenvalue weighted by atomic mass is 9.85. The van der Waals surface area contributed by atoms with E-state index in [1.165, 1.54) is 49.0 Å². The van der Waals surface area contributed by atoms with Crippen molar-refractivity contribution < 1.29 is 9.53 Å². The molecule has 1 aliphatic rings. The molecule has 3 nitrogen and oxygen atoms in total. The predicted molar refractivity (Wildman–Crippen MR) is 70.6 cm³/mol. The largest absolute Gasteiger partial charge is 0.465 e. The van der Waals surface area contributed by atoms with Crippen molar-refractivity contribution in [1.29, 1.82) is 0 Å². The summed E-state index contributed by atoms with van der Waals surface area (Å²) in [6.07, 6.45) is 4.91. The Kier molecular flexibility index (Phi) is 3.17. The third kappa shape index (κ3) is 1.95. The summed E-state index contributed by atoms with van der Waals surface area (Å²) in [7, 11) is 1.40. The van der Waals surface area contributed by atoms with Crippen molar-refractivity contribution in [2.75, 3.05) is 12.8 Å². The van der Waals surface area contributed by atoms with E-state index in [2.05, 4.69) is 6.92 Å². The maximum absolute atomic E-state index is 11.6. The first kappa shape index (κ1) is 12.4. The van der Waals surface area contributed by atoms with Gasteiger partial charge in [-0.1, -0.05) is 19.8 Å². The zero-order chi connectivity index (χ0) is 12.6. The van der Waals surface area contributed by atoms with E-state index in [9.17, 15) is 4.79 Å². The van der Waals surface area contributed by atoms with Gasteiger partial charge in [0, 0.05) is 10.3 Å². The van der Waals surface area contributed by atoms with Gasteiger partial charge in [-0.3, -0.25) is 0 Å². The van der Waals surface area contributed by atoms with Gasteiger partial charge in [0.15, 0.2) is 0 Å². The van der Waals surface area contributed by atoms with Crippen LogP contribution in [0.2, 0.25) is 0 Å². The molecule has 1 aromatic heterocycles. The molecule has 1 fully saturated rings. The summed E-state index contributed by atoms with van der Waals surface area (Å²) < 4.78 is 4.77. The molecule has 1 heterocycles. The van der Waals surface area contributed by atoms with Crippen LogP contribution in [0, 0.1) is 6.92 Å². The second-order valence-electron chi connectivity index (χ2n) is 5.06. The van der Waals surface area contributed by atoms with Crippen molar-refractivity contribution in [3.8, 4) is 0 Å². The molecule has 0 unspecified atom stereocenters. The molecule has 4 heteroatoms. The van der Waals surface area contributed by atoms with E-state index in [0.29, 0.717) is 10.6 Å². The molecule has 0 bridgehead atoms. The molecule has 0 atom stereocenters. The Balaban J connectivity index is 2.46. The fourth-order valence-electron chi connectivity index (χ4n) is 2.73. The fourth-order valence-corrected chi connectivity index (χ4v) is 4.08. The van der Waals surface area contributed by atoms with Gasteiger partial charge >= 0.3 is 5.97 Å². The topological polar surface area (TPSA) is 52.3 Å². The van der Waals surface area contributed by atoms with Crippen molar-refractivity contribution in [3.05, 3.63) is 15.3 Å². The molecule has 17 heavy (non-hydrogen) atoms. The van der Waals surface area contributed by atoms with Crippen LogP contribution in [0.3, 0.4) is 0 Å². The zero-order valence-corrected chi connectivity index (χ0v) is 11.4. The predicted octanol–water partition coefficient (Wildman–Crippen LogP) is 3.26. The highest BCUT2D eigenvalue weighted by molar-refractivity contribution is 7.15. The smallest absolute Gasteiger partial charge is 0.350 e. The lowest BCUT2D eigenvalue weighted by Gasteiger charge is -2.23. The average Bonchev–Trinajstić information content (AvgIpc) is 2.86. The van der Waals surface area contributed by atoms with Crippen LogP contribution in [-0.2, 0) is 10.2 Å². The summed E-state index contributed by atoms with van der Waals surface area (Å²) in [5, 5.41) is 0. The standard InChI is InChI=1S/C13H19NO2S/c1-8-9(14)10(12(15)16-3)17-11(8)13(2)6-4-5-7-13/h4-7,14H2,1-3H3. The molecule has 2 rings (SSSR count). The molecule has 0 saturated heterocycles. The third-order valence-electron chi connectivity index (χ3n) is 3.82. The van der Waals surface area contributed by atoms with Crippen LogP contribution in [0.4, 0.5) is 5.69 Å². The van der Waals surface area contributed by atoms with Crippen LogP contribution in [0.15, 0.2) is 0 Å². The molecule has 0 spiro atoms. The lowest BCUT2D eigenvalue weighted by Crippen LogP contribution is -2.16. The van der Waals surface area contributed by atoms with Gasteiger partial charge in [-0.25, -0.2) is 4.79 Å². The van der Waals surface area contributed by atoms with Crippen LogP contribution >= 0.6 is 11.3 Å². The highest BCUT2D eigenvalue weighted by Crippen LogP contribution is 2.47. The molecule has 1 saturated carbocycles. The normalized spacial score (nSPS) is 18.3. The lowest BCUT2D eigenvalue weighted by molar-refractivity contribution is 0.0607. The van der Waals surface area contributed by atoms with Crippen molar-refractivity contribution in [2.24, 2.45) is 0 Å². The van der Waals surface area contributed by atoms with E-state index < -0.39 is 0 Å². The number of thiophene rings is 1. The molecular weight excluding hydrogens is 234 g/mol. The van der Waals surface area contributed by atoms with E-state index in [-0.39, 0.29) is 11.4 Å². The summed E-state index contributed by atoms with van der Waals surface area (Å²) in [5.74, 6) is -0.316. The molecular formula is C13H19NO2S. The number of methoxy groups -OCH3 is 1. The van der Waals surface area contributed by atoms with E-state index in [1.54, 1.807) is 0 Å². The maximum atomic E-state index is 11.6. The van der Waals surface area contributed by atoms with Crippen LogP contribution < -0.4 is 5.73 Å². The van der Waals surface area contributed by atoms with Crippen molar-refractivity contribution in [1.82, 2.24) is 0 Å². The Labute approximate surface area is 106 Å². The number of nitrogens with two attached hydrogens (primary N) is 1. The highest BCUT2D eigenvalue weighted by Gasteiger charge is 2.35. The Morgan fingerprint density at radius 3 is 2.53 bits per heavy atom. The van der Waals surface area contributed by atoms with Crippen LogP contribution in [0.5, 0.6) is 0 Å². The Hall–Kier alpha value is -1.03. The molecule has 1 aromatic rings. The van der Waals surface area contributed by atoms with Gasteiger partial charge in [-0.2, -0.15) is 0 Å². The van der Waals surface area contributed by atoms with E-state index in [4.69, 9.17) is 10.5 Å². The number of rotatable bonds is 2. The fraction of sp³-hybridized carbons (Fsp3) is 0.615. The van der Waals surface area contributed by atoms with Gasteiger partial charge in [0.1, 0.15) is 4.88 Å². The van der Waals surface area contributed by atoms with Crippen molar-refractivity contribution >= 4 is 23.0 Å². The quantitative estimate of drug-likeness (QED) is 0.823. The summed E-state index contributed by atoms with van der Waals surface area (Å²) in [4.78, 5) is 13.5. The van der Waals surface area contributed by atoms with Gasteiger partial charge in [0.2, 0.25) is 0 Å². The van der Waals surface area contributed by atoms with Gasteiger partial charge in [-0.05, 0) is 25.3 Å². The monoisotopic (exact) mass is 253 g/mol. The molecule has 0 radical (unpaired) electrons. The minimum Gasteiger partial charge on any atom is -0.465 e. The number of hydrogen-bond donors (Lipinski definition) is 1. The Bertz CT molecular complexity index is 445. The first-order chi connectivity index (χ1) is 7.99. The number of anilines is 1. The van der Waals surface area contributed by atoms with Crippen molar-refractivity contribution in [2.45, 2.75) is 44.9 Å². The van der Waals surface area contributed by atoms with Crippen molar-refractivity contribution in [3.63, 3.8) is 0 Å². The number of hydrogen-bond acceptors (Lipinski definition) is 4. The second kappa shape index (κ2) is 4.33. The number of carbonyl (C=O) groups excluding carboxylic acids is 1. The van der Waals surface area contributed by atoms with Gasteiger partial charge in [-0.15, -0.1) is 11.3 Å². The van der Waals surface area contributed by atoms with E-state index in [0.717, 1.165) is 5.56 Å². The van der Waals surface area contributed by atoms with Gasteiger partial charge in [0.05, 0.1) is 12.8 Å². The number of esters is 1. The molecule has 0 aromatic carbocycles. The highest BCUT2D eigenvalue weighted by atomic mass is 32.1. The third-order valence-corrected chi connectivity index (χ3v) is 5.41. The van der Waals surface area contributed by atoms with Crippen LogP contribution in [0.25, 0.3) is 0 Å². The summed E-state index contributed by atoms with van der Waals surface area (Å²) >= 11 is 1.52. The number of ether oxygens (including phenoxy) is 1. The van der Waals surface area contributed by atoms with E-state index >= 15 is 0 Å². The first-order valence-corrected chi connectivity index (χ1v) is 6.79. The van der Waals surface area contributed by atoms with E-state index in [1.807, 2.05) is 6.92 Å². The molecule has 0 amide bonds. The van der Waals surface area contributed by atoms with Gasteiger partial charge in [0.25, 0.3) is 0 Å².